The van der Waals surface area contributed by atoms with E-state index in [4.69, 9.17) is 33.7 Å². The van der Waals surface area contributed by atoms with E-state index in [-0.39, 0.29) is 11.6 Å². The molecule has 266 valence electrons. The van der Waals surface area contributed by atoms with Crippen LogP contribution in [0.15, 0.2) is 48.8 Å². The molecule has 0 radical (unpaired) electrons. The van der Waals surface area contributed by atoms with Crippen LogP contribution < -0.4 is 15.3 Å². The number of ether oxygens (including phenoxy) is 4. The van der Waals surface area contributed by atoms with Crippen LogP contribution in [0.5, 0.6) is 5.75 Å². The lowest BCUT2D eigenvalue weighted by Crippen LogP contribution is -2.45. The number of nitrogens with two attached hydrogens (primary N) is 1. The SMILES string of the molecule is CC(C)C(=O)O[C@H]1[C@H](c2ccc3c(N)ncnn23)O[C@]2(C)C(O[P@@](=O)(N[C@@H](C)C(=O)OC(C)(C)C)Oc3ccccc3)[C@]12OC(=O)C(C)C. The van der Waals surface area contributed by atoms with Crippen LogP contribution in [-0.4, -0.2) is 67.6 Å². The molecule has 1 aliphatic heterocycles. The first-order valence-corrected chi connectivity index (χ1v) is 17.6. The van der Waals surface area contributed by atoms with Gasteiger partial charge in [0, 0.05) is 0 Å². The molecule has 2 aromatic heterocycles. The van der Waals surface area contributed by atoms with Gasteiger partial charge in [0.2, 0.25) is 5.60 Å². The van der Waals surface area contributed by atoms with Crippen LogP contribution in [-0.2, 0) is 42.4 Å². The van der Waals surface area contributed by atoms with Gasteiger partial charge in [-0.15, -0.1) is 0 Å². The first kappa shape index (κ1) is 36.2. The molecule has 7 atom stereocenters. The van der Waals surface area contributed by atoms with Gasteiger partial charge in [0.15, 0.2) is 11.9 Å². The molecule has 0 bridgehead atoms. The van der Waals surface area contributed by atoms with Crippen molar-refractivity contribution in [2.24, 2.45) is 11.8 Å². The lowest BCUT2D eigenvalue weighted by atomic mass is 10.0. The van der Waals surface area contributed by atoms with Gasteiger partial charge in [0.25, 0.3) is 0 Å². The summed E-state index contributed by atoms with van der Waals surface area (Å²) in [6.45, 7) is 14.8. The third-order valence-electron chi connectivity index (χ3n) is 8.23. The Labute approximate surface area is 284 Å². The fourth-order valence-corrected chi connectivity index (χ4v) is 7.46. The first-order chi connectivity index (χ1) is 22.8. The predicted molar refractivity (Wildman–Crippen MR) is 176 cm³/mol. The highest BCUT2D eigenvalue weighted by molar-refractivity contribution is 7.52. The summed E-state index contributed by atoms with van der Waals surface area (Å²) >= 11 is 0. The lowest BCUT2D eigenvalue weighted by Gasteiger charge is -2.31. The number of rotatable bonds is 12. The molecule has 3 aromatic rings. The number of carbonyl (C=O) groups is 3. The highest BCUT2D eigenvalue weighted by atomic mass is 31.2. The highest BCUT2D eigenvalue weighted by Gasteiger charge is 2.91. The third kappa shape index (κ3) is 6.89. The monoisotopic (exact) mass is 701 g/mol. The Hall–Kier alpha value is -4.04. The molecule has 0 amide bonds. The van der Waals surface area contributed by atoms with Gasteiger partial charge < -0.3 is 29.2 Å². The number of benzene rings is 1. The molecule has 1 saturated heterocycles. The Morgan fingerprint density at radius 2 is 1.65 bits per heavy atom. The van der Waals surface area contributed by atoms with E-state index in [1.165, 1.54) is 17.8 Å². The number of para-hydroxylation sites is 1. The zero-order valence-electron chi connectivity index (χ0n) is 29.0. The maximum atomic E-state index is 14.7. The van der Waals surface area contributed by atoms with E-state index in [1.54, 1.807) is 97.9 Å². The second kappa shape index (κ2) is 13.0. The summed E-state index contributed by atoms with van der Waals surface area (Å²) in [7, 11) is -4.53. The van der Waals surface area contributed by atoms with Crippen molar-refractivity contribution in [3.05, 3.63) is 54.5 Å². The van der Waals surface area contributed by atoms with Gasteiger partial charge in [-0.3, -0.25) is 18.9 Å². The zero-order chi connectivity index (χ0) is 36.1. The molecule has 16 heteroatoms. The van der Waals surface area contributed by atoms with Crippen molar-refractivity contribution < 1.29 is 46.9 Å². The molecule has 0 spiro atoms. The summed E-state index contributed by atoms with van der Waals surface area (Å²) in [6.07, 6.45) is -2.41. The molecular weight excluding hydrogens is 657 g/mol. The van der Waals surface area contributed by atoms with Gasteiger partial charge in [-0.1, -0.05) is 45.9 Å². The summed E-state index contributed by atoms with van der Waals surface area (Å²) in [5.41, 5.74) is 2.80. The van der Waals surface area contributed by atoms with E-state index in [0.717, 1.165) is 0 Å². The second-order valence-electron chi connectivity index (χ2n) is 14.0. The van der Waals surface area contributed by atoms with Crippen LogP contribution in [0.1, 0.15) is 74.1 Å². The maximum absolute atomic E-state index is 14.7. The Morgan fingerprint density at radius 1 is 1.00 bits per heavy atom. The average molecular weight is 702 g/mol. The van der Waals surface area contributed by atoms with E-state index < -0.39 is 78.6 Å². The molecule has 15 nitrogen and oxygen atoms in total. The molecule has 1 aromatic carbocycles. The number of hydrogen-bond donors (Lipinski definition) is 2. The largest absolute Gasteiger partial charge is 0.459 e. The molecule has 3 heterocycles. The third-order valence-corrected chi connectivity index (χ3v) is 9.88. The number of hydrogen-bond acceptors (Lipinski definition) is 13. The summed E-state index contributed by atoms with van der Waals surface area (Å²) in [4.78, 5) is 43.7. The van der Waals surface area contributed by atoms with Crippen LogP contribution in [0, 0.1) is 11.8 Å². The minimum absolute atomic E-state index is 0.164. The highest BCUT2D eigenvalue weighted by Crippen LogP contribution is 2.71. The average Bonchev–Trinajstić information content (AvgIpc) is 3.28. The van der Waals surface area contributed by atoms with E-state index in [0.29, 0.717) is 11.2 Å². The van der Waals surface area contributed by atoms with Crippen molar-refractivity contribution in [3.63, 3.8) is 0 Å². The molecule has 49 heavy (non-hydrogen) atoms. The van der Waals surface area contributed by atoms with E-state index in [1.807, 2.05) is 0 Å². The fourth-order valence-electron chi connectivity index (χ4n) is 5.69. The van der Waals surface area contributed by atoms with Crippen LogP contribution in [0.3, 0.4) is 0 Å². The van der Waals surface area contributed by atoms with Crippen LogP contribution in [0.2, 0.25) is 0 Å². The number of carbonyl (C=O) groups excluding carboxylic acids is 3. The smallest absolute Gasteiger partial charge is 0.459 e. The Morgan fingerprint density at radius 3 is 2.27 bits per heavy atom. The Balaban J connectivity index is 1.59. The van der Waals surface area contributed by atoms with Crippen molar-refractivity contribution in [1.29, 1.82) is 0 Å². The number of nitrogens with one attached hydrogen (secondary N) is 1. The minimum atomic E-state index is -4.53. The predicted octanol–water partition coefficient (Wildman–Crippen LogP) is 4.55. The first-order valence-electron chi connectivity index (χ1n) is 16.0. The number of aromatic nitrogens is 3. The quantitative estimate of drug-likeness (QED) is 0.152. The van der Waals surface area contributed by atoms with Gasteiger partial charge in [-0.25, -0.2) is 14.1 Å². The summed E-state index contributed by atoms with van der Waals surface area (Å²) in [5, 5.41) is 6.99. The van der Waals surface area contributed by atoms with Crippen LogP contribution >= 0.6 is 7.75 Å². The molecule has 3 N–H and O–H groups in total. The van der Waals surface area contributed by atoms with E-state index in [9.17, 15) is 18.9 Å². The number of fused-ring (bicyclic) bond motifs is 2. The number of esters is 3. The zero-order valence-corrected chi connectivity index (χ0v) is 29.9. The van der Waals surface area contributed by atoms with Gasteiger partial charge >= 0.3 is 25.7 Å². The summed E-state index contributed by atoms with van der Waals surface area (Å²) < 4.78 is 52.8. The molecule has 5 rings (SSSR count). The standard InChI is InChI=1S/C33H44N5O10P/c1-18(2)27(39)43-25-24(22-15-16-23-26(34)35-17-36-38(22)23)44-32(9)30(33(25,32)46-28(40)19(3)4)48-49(42,47-21-13-11-10-12-14-21)37-20(5)29(41)45-31(6,7)8/h10-20,24-25,30H,1-9H3,(H,37,42)(H2,34,35,36)/t20-,24-,25-,30?,32+,33+,49+/m0/s1. The second-order valence-corrected chi connectivity index (χ2v) is 15.6. The van der Waals surface area contributed by atoms with Crippen molar-refractivity contribution in [2.75, 3.05) is 5.73 Å². The van der Waals surface area contributed by atoms with Crippen LogP contribution in [0.4, 0.5) is 5.82 Å². The van der Waals surface area contributed by atoms with Crippen molar-refractivity contribution in [2.45, 2.75) is 103 Å². The Bertz CT molecular complexity index is 1780. The van der Waals surface area contributed by atoms with Gasteiger partial charge in [-0.05, 0) is 58.9 Å². The number of nitrogens with zero attached hydrogens (tertiary/aromatic N) is 3. The number of anilines is 1. The molecule has 1 aliphatic carbocycles. The van der Waals surface area contributed by atoms with Gasteiger partial charge in [0.05, 0.1) is 17.5 Å². The van der Waals surface area contributed by atoms with Gasteiger partial charge in [0.1, 0.15) is 47.0 Å². The minimum Gasteiger partial charge on any atom is -0.459 e. The van der Waals surface area contributed by atoms with E-state index >= 15 is 0 Å². The van der Waals surface area contributed by atoms with Crippen LogP contribution in [0.25, 0.3) is 5.52 Å². The molecule has 2 aliphatic rings. The van der Waals surface area contributed by atoms with Crippen molar-refractivity contribution >= 4 is 37.0 Å². The maximum Gasteiger partial charge on any atom is 0.459 e. The lowest BCUT2D eigenvalue weighted by molar-refractivity contribution is -0.181. The summed E-state index contributed by atoms with van der Waals surface area (Å²) in [6, 6.07) is 10.4. The van der Waals surface area contributed by atoms with Crippen molar-refractivity contribution in [3.8, 4) is 5.75 Å². The Kier molecular flexibility index (Phi) is 9.63. The van der Waals surface area contributed by atoms with Gasteiger partial charge in [-0.2, -0.15) is 10.2 Å². The topological polar surface area (TPSA) is 192 Å². The van der Waals surface area contributed by atoms with E-state index in [2.05, 4.69) is 15.2 Å². The summed E-state index contributed by atoms with van der Waals surface area (Å²) in [5.74, 6) is -2.78. The normalized spacial score (nSPS) is 26.6. The fraction of sp³-hybridized carbons (Fsp3) is 0.545. The molecule has 2 fully saturated rings. The van der Waals surface area contributed by atoms with Crippen molar-refractivity contribution in [1.82, 2.24) is 19.7 Å². The molecule has 1 unspecified atom stereocenters. The molecular formula is C33H44N5O10P. The number of nitrogen functional groups attached to an aromatic ring is 1. The molecule has 1 saturated carbocycles.